The van der Waals surface area contributed by atoms with Crippen molar-refractivity contribution < 1.29 is 9.90 Å². The van der Waals surface area contributed by atoms with Gasteiger partial charge in [0.15, 0.2) is 0 Å². The second-order valence-corrected chi connectivity index (χ2v) is 6.74. The maximum atomic E-state index is 12.6. The van der Waals surface area contributed by atoms with Crippen LogP contribution in [-0.2, 0) is 7.05 Å². The number of benzene rings is 1. The van der Waals surface area contributed by atoms with E-state index in [1.807, 2.05) is 42.1 Å². The molecule has 1 fully saturated rings. The Morgan fingerprint density at radius 1 is 1.40 bits per heavy atom. The smallest absolute Gasteiger partial charge is 0.251 e. The minimum Gasteiger partial charge on any atom is -0.393 e. The number of carbonyl (C=O) groups is 1. The lowest BCUT2D eigenvalue weighted by atomic mass is 10.0. The number of hydrogen-bond donors (Lipinski definition) is 3. The average molecular weight is 339 g/mol. The molecule has 7 nitrogen and oxygen atoms in total. The highest BCUT2D eigenvalue weighted by Crippen LogP contribution is 2.36. The quantitative estimate of drug-likeness (QED) is 0.672. The van der Waals surface area contributed by atoms with Crippen molar-refractivity contribution in [2.75, 3.05) is 6.54 Å². The summed E-state index contributed by atoms with van der Waals surface area (Å²) in [5, 5.41) is 21.0. The molecule has 2 aromatic heterocycles. The largest absolute Gasteiger partial charge is 0.393 e. The normalized spacial score (nSPS) is 23.2. The second-order valence-electron chi connectivity index (χ2n) is 6.74. The van der Waals surface area contributed by atoms with Crippen LogP contribution >= 0.6 is 0 Å². The van der Waals surface area contributed by atoms with Gasteiger partial charge in [-0.3, -0.25) is 9.89 Å². The van der Waals surface area contributed by atoms with Crippen molar-refractivity contribution in [2.24, 2.45) is 13.0 Å². The van der Waals surface area contributed by atoms with Gasteiger partial charge in [0.1, 0.15) is 12.2 Å². The molecule has 0 bridgehead atoms. The third-order valence-electron chi connectivity index (χ3n) is 5.18. The number of fused-ring (bicyclic) bond motifs is 1. The number of aromatic nitrogens is 4. The lowest BCUT2D eigenvalue weighted by Crippen LogP contribution is -2.32. The van der Waals surface area contributed by atoms with Crippen molar-refractivity contribution >= 4 is 16.8 Å². The van der Waals surface area contributed by atoms with E-state index in [-0.39, 0.29) is 17.7 Å². The van der Waals surface area contributed by atoms with E-state index in [0.29, 0.717) is 18.5 Å². The van der Waals surface area contributed by atoms with E-state index in [1.165, 1.54) is 6.33 Å². The number of rotatable bonds is 4. The Kier molecular flexibility index (Phi) is 4.01. The third-order valence-corrected chi connectivity index (χ3v) is 5.18. The van der Waals surface area contributed by atoms with Crippen LogP contribution in [0, 0.1) is 5.92 Å². The van der Waals surface area contributed by atoms with Crippen LogP contribution in [0.25, 0.3) is 10.9 Å². The Balaban J connectivity index is 1.43. The van der Waals surface area contributed by atoms with E-state index in [1.54, 1.807) is 0 Å². The van der Waals surface area contributed by atoms with Crippen molar-refractivity contribution in [3.8, 4) is 0 Å². The minimum absolute atomic E-state index is 0.0222. The van der Waals surface area contributed by atoms with Gasteiger partial charge in [0, 0.05) is 48.1 Å². The number of nitrogens with one attached hydrogen (secondary N) is 2. The van der Waals surface area contributed by atoms with Crippen LogP contribution in [0.15, 0.2) is 36.8 Å². The zero-order valence-corrected chi connectivity index (χ0v) is 14.0. The van der Waals surface area contributed by atoms with Crippen LogP contribution in [0.3, 0.4) is 0 Å². The number of nitrogens with zero attached hydrogens (tertiary/aromatic N) is 3. The number of aryl methyl sites for hydroxylation is 1. The van der Waals surface area contributed by atoms with Crippen LogP contribution < -0.4 is 5.32 Å². The lowest BCUT2D eigenvalue weighted by Gasteiger charge is -2.15. The topological polar surface area (TPSA) is 95.8 Å². The fraction of sp³-hybridized carbons (Fsp3) is 0.389. The Bertz CT molecular complexity index is 886. The molecule has 0 aliphatic heterocycles. The first kappa shape index (κ1) is 15.8. The summed E-state index contributed by atoms with van der Waals surface area (Å²) in [6, 6.07) is 7.67. The molecule has 0 saturated heterocycles. The van der Waals surface area contributed by atoms with E-state index in [2.05, 4.69) is 20.5 Å². The van der Waals surface area contributed by atoms with E-state index < -0.39 is 6.10 Å². The number of carbonyl (C=O) groups excluding carboxylic acids is 1. The molecule has 1 amide bonds. The molecule has 2 heterocycles. The molecule has 0 unspecified atom stereocenters. The summed E-state index contributed by atoms with van der Waals surface area (Å²) in [5.74, 6) is 0.889. The molecule has 4 rings (SSSR count). The van der Waals surface area contributed by atoms with Crippen molar-refractivity contribution in [1.29, 1.82) is 0 Å². The number of H-pyrrole nitrogens is 1. The average Bonchev–Trinajstić information content (AvgIpc) is 3.33. The Morgan fingerprint density at radius 2 is 2.28 bits per heavy atom. The summed E-state index contributed by atoms with van der Waals surface area (Å²) in [6.07, 6.45) is 4.42. The number of aromatic amines is 1. The molecule has 1 aromatic carbocycles. The summed E-state index contributed by atoms with van der Waals surface area (Å²) in [6.45, 7) is 0.452. The Labute approximate surface area is 145 Å². The summed E-state index contributed by atoms with van der Waals surface area (Å²) in [7, 11) is 1.96. The van der Waals surface area contributed by atoms with Gasteiger partial charge in [-0.25, -0.2) is 4.98 Å². The Hall–Kier alpha value is -2.67. The maximum Gasteiger partial charge on any atom is 0.251 e. The van der Waals surface area contributed by atoms with Gasteiger partial charge in [-0.05, 0) is 31.0 Å². The van der Waals surface area contributed by atoms with Crippen molar-refractivity contribution in [3.05, 3.63) is 48.2 Å². The summed E-state index contributed by atoms with van der Waals surface area (Å²) in [4.78, 5) is 16.8. The lowest BCUT2D eigenvalue weighted by molar-refractivity contribution is 0.0918. The SMILES string of the molecule is Cn1ccc2c(C(=O)NC[C@@H]3C[C@@H](c4ncn[nH]4)C[C@@H]3O)cccc21. The maximum absolute atomic E-state index is 12.6. The first-order valence-electron chi connectivity index (χ1n) is 8.49. The molecular weight excluding hydrogens is 318 g/mol. The highest BCUT2D eigenvalue weighted by Gasteiger charge is 2.35. The zero-order chi connectivity index (χ0) is 17.4. The predicted molar refractivity (Wildman–Crippen MR) is 93.1 cm³/mol. The van der Waals surface area contributed by atoms with Gasteiger partial charge in [0.25, 0.3) is 5.91 Å². The molecule has 3 atom stereocenters. The molecule has 1 aliphatic rings. The predicted octanol–water partition coefficient (Wildman–Crippen LogP) is 1.58. The molecule has 0 spiro atoms. The Morgan fingerprint density at radius 3 is 3.08 bits per heavy atom. The minimum atomic E-state index is -0.442. The van der Waals surface area contributed by atoms with E-state index in [4.69, 9.17) is 0 Å². The first-order valence-corrected chi connectivity index (χ1v) is 8.49. The summed E-state index contributed by atoms with van der Waals surface area (Å²) in [5.41, 5.74) is 1.69. The van der Waals surface area contributed by atoms with E-state index >= 15 is 0 Å². The number of aliphatic hydroxyl groups excluding tert-OH is 1. The van der Waals surface area contributed by atoms with Gasteiger partial charge >= 0.3 is 0 Å². The van der Waals surface area contributed by atoms with Crippen LogP contribution in [0.1, 0.15) is 34.9 Å². The number of aliphatic hydroxyl groups is 1. The van der Waals surface area contributed by atoms with Crippen molar-refractivity contribution in [3.63, 3.8) is 0 Å². The van der Waals surface area contributed by atoms with Gasteiger partial charge in [0.05, 0.1) is 6.10 Å². The van der Waals surface area contributed by atoms with E-state index in [9.17, 15) is 9.90 Å². The van der Waals surface area contributed by atoms with Gasteiger partial charge in [-0.1, -0.05) is 6.07 Å². The van der Waals surface area contributed by atoms with Crippen LogP contribution in [0.5, 0.6) is 0 Å². The van der Waals surface area contributed by atoms with Crippen molar-refractivity contribution in [1.82, 2.24) is 25.1 Å². The summed E-state index contributed by atoms with van der Waals surface area (Å²) >= 11 is 0. The molecule has 1 aliphatic carbocycles. The van der Waals surface area contributed by atoms with E-state index in [0.717, 1.165) is 23.1 Å². The van der Waals surface area contributed by atoms with Crippen LogP contribution in [-0.4, -0.2) is 43.4 Å². The van der Waals surface area contributed by atoms with Gasteiger partial charge in [-0.2, -0.15) is 5.10 Å². The van der Waals surface area contributed by atoms with Crippen LogP contribution in [0.4, 0.5) is 0 Å². The molecule has 3 N–H and O–H groups in total. The fourth-order valence-electron chi connectivity index (χ4n) is 3.78. The first-order chi connectivity index (χ1) is 12.1. The summed E-state index contributed by atoms with van der Waals surface area (Å²) < 4.78 is 1.99. The number of hydrogen-bond acceptors (Lipinski definition) is 4. The molecule has 0 radical (unpaired) electrons. The highest BCUT2D eigenvalue weighted by molar-refractivity contribution is 6.06. The molecule has 7 heteroatoms. The number of amides is 1. The van der Waals surface area contributed by atoms with Crippen molar-refractivity contribution in [2.45, 2.75) is 24.9 Å². The molecular formula is C18H21N5O2. The second kappa shape index (κ2) is 6.33. The van der Waals surface area contributed by atoms with Gasteiger partial charge in [0.2, 0.25) is 0 Å². The molecule has 3 aromatic rings. The van der Waals surface area contributed by atoms with Gasteiger partial charge in [-0.15, -0.1) is 0 Å². The standard InChI is InChI=1S/C18H21N5O2/c1-23-6-5-13-14(3-2-4-15(13)23)18(25)19-9-12-7-11(8-16(12)24)17-20-10-21-22-17/h2-6,10-12,16,24H,7-9H2,1H3,(H,19,25)(H,20,21,22)/t11-,12+,16+/m1/s1. The highest BCUT2D eigenvalue weighted by atomic mass is 16.3. The molecule has 130 valence electrons. The van der Waals surface area contributed by atoms with Crippen LogP contribution in [0.2, 0.25) is 0 Å². The molecule has 25 heavy (non-hydrogen) atoms. The zero-order valence-electron chi connectivity index (χ0n) is 14.0. The molecule has 1 saturated carbocycles. The fourth-order valence-corrected chi connectivity index (χ4v) is 3.78. The van der Waals surface area contributed by atoms with Gasteiger partial charge < -0.3 is 15.0 Å². The monoisotopic (exact) mass is 339 g/mol. The third kappa shape index (κ3) is 2.91.